The lowest BCUT2D eigenvalue weighted by Crippen LogP contribution is -2.50. The van der Waals surface area contributed by atoms with E-state index in [0.717, 1.165) is 0 Å². The first kappa shape index (κ1) is 16.0. The van der Waals surface area contributed by atoms with Crippen molar-refractivity contribution >= 4 is 17.7 Å². The number of ether oxygens (including phenoxy) is 1. The Labute approximate surface area is 139 Å². The van der Waals surface area contributed by atoms with Crippen molar-refractivity contribution in [3.05, 3.63) is 42.3 Å². The van der Waals surface area contributed by atoms with Gasteiger partial charge < -0.3 is 19.9 Å². The third-order valence-electron chi connectivity index (χ3n) is 3.79. The monoisotopic (exact) mass is 331 g/mol. The molecule has 0 spiro atoms. The van der Waals surface area contributed by atoms with Crippen LogP contribution >= 0.6 is 0 Å². The molecular weight excluding hydrogens is 313 g/mol. The zero-order chi connectivity index (χ0) is 16.9. The van der Waals surface area contributed by atoms with E-state index in [-0.39, 0.29) is 11.7 Å². The van der Waals surface area contributed by atoms with Crippen LogP contribution in [-0.4, -0.2) is 54.2 Å². The van der Waals surface area contributed by atoms with E-state index < -0.39 is 5.82 Å². The fourth-order valence-corrected chi connectivity index (χ4v) is 2.46. The molecule has 2 amide bonds. The van der Waals surface area contributed by atoms with Gasteiger partial charge in [0.1, 0.15) is 5.82 Å². The van der Waals surface area contributed by atoms with E-state index in [4.69, 9.17) is 4.74 Å². The van der Waals surface area contributed by atoms with Gasteiger partial charge in [-0.3, -0.25) is 0 Å². The lowest BCUT2D eigenvalue weighted by atomic mass is 10.3. The number of halogens is 1. The van der Waals surface area contributed by atoms with Crippen LogP contribution in [0.1, 0.15) is 0 Å². The molecule has 0 aliphatic carbocycles. The highest BCUT2D eigenvalue weighted by atomic mass is 19.1. The summed E-state index contributed by atoms with van der Waals surface area (Å²) in [5.74, 6) is 0.623. The van der Waals surface area contributed by atoms with Crippen molar-refractivity contribution in [3.63, 3.8) is 0 Å². The molecular formula is C16H18FN5O2. The standard InChI is InChI=1S/C16H18FN5O2/c1-24-14-6-7-18-15(20-14)21-8-10-22(11-9-21)16(23)19-13-5-3-2-4-12(13)17/h2-7H,8-11H2,1H3,(H,19,23). The smallest absolute Gasteiger partial charge is 0.322 e. The number of para-hydroxylation sites is 1. The maximum absolute atomic E-state index is 13.6. The van der Waals surface area contributed by atoms with E-state index in [1.165, 1.54) is 12.1 Å². The molecule has 1 N–H and O–H groups in total. The Morgan fingerprint density at radius 3 is 2.67 bits per heavy atom. The van der Waals surface area contributed by atoms with Crippen LogP contribution in [0.5, 0.6) is 5.88 Å². The van der Waals surface area contributed by atoms with Crippen LogP contribution in [0.25, 0.3) is 0 Å². The summed E-state index contributed by atoms with van der Waals surface area (Å²) in [6, 6.07) is 7.48. The van der Waals surface area contributed by atoms with Gasteiger partial charge in [0.15, 0.2) is 0 Å². The summed E-state index contributed by atoms with van der Waals surface area (Å²) >= 11 is 0. The van der Waals surface area contributed by atoms with Crippen LogP contribution in [0, 0.1) is 5.82 Å². The Bertz CT molecular complexity index is 719. The molecule has 0 bridgehead atoms. The molecule has 0 atom stereocenters. The van der Waals surface area contributed by atoms with E-state index in [1.807, 2.05) is 4.90 Å². The van der Waals surface area contributed by atoms with Crippen molar-refractivity contribution in [1.82, 2.24) is 14.9 Å². The number of benzene rings is 1. The molecule has 126 valence electrons. The quantitative estimate of drug-likeness (QED) is 0.931. The maximum Gasteiger partial charge on any atom is 0.322 e. The number of anilines is 2. The highest BCUT2D eigenvalue weighted by molar-refractivity contribution is 5.89. The molecule has 1 saturated heterocycles. The third kappa shape index (κ3) is 3.53. The number of hydrogen-bond donors (Lipinski definition) is 1. The minimum Gasteiger partial charge on any atom is -0.481 e. The minimum absolute atomic E-state index is 0.182. The number of nitrogens with one attached hydrogen (secondary N) is 1. The van der Waals surface area contributed by atoms with Gasteiger partial charge in [-0.05, 0) is 12.1 Å². The van der Waals surface area contributed by atoms with Crippen molar-refractivity contribution in [2.24, 2.45) is 0 Å². The highest BCUT2D eigenvalue weighted by Gasteiger charge is 2.23. The normalized spacial score (nSPS) is 14.4. The topological polar surface area (TPSA) is 70.6 Å². The van der Waals surface area contributed by atoms with Gasteiger partial charge >= 0.3 is 6.03 Å². The first-order valence-electron chi connectivity index (χ1n) is 7.60. The summed E-state index contributed by atoms with van der Waals surface area (Å²) in [5, 5.41) is 2.59. The number of aromatic nitrogens is 2. The summed E-state index contributed by atoms with van der Waals surface area (Å²) in [6.07, 6.45) is 1.64. The fraction of sp³-hybridized carbons (Fsp3) is 0.312. The van der Waals surface area contributed by atoms with Crippen molar-refractivity contribution in [2.75, 3.05) is 43.5 Å². The largest absolute Gasteiger partial charge is 0.481 e. The average Bonchev–Trinajstić information content (AvgIpc) is 2.64. The second-order valence-electron chi connectivity index (χ2n) is 5.28. The van der Waals surface area contributed by atoms with Gasteiger partial charge in [-0.25, -0.2) is 14.2 Å². The van der Waals surface area contributed by atoms with Crippen molar-refractivity contribution < 1.29 is 13.9 Å². The minimum atomic E-state index is -0.450. The Morgan fingerprint density at radius 2 is 1.96 bits per heavy atom. The van der Waals surface area contributed by atoms with Gasteiger partial charge in [0.25, 0.3) is 0 Å². The fourth-order valence-electron chi connectivity index (χ4n) is 2.46. The molecule has 1 aliphatic rings. The van der Waals surface area contributed by atoms with Gasteiger partial charge in [-0.2, -0.15) is 4.98 Å². The summed E-state index contributed by atoms with van der Waals surface area (Å²) in [7, 11) is 1.55. The predicted molar refractivity (Wildman–Crippen MR) is 87.8 cm³/mol. The lowest BCUT2D eigenvalue weighted by molar-refractivity contribution is 0.207. The molecule has 0 radical (unpaired) electrons. The Hall–Kier alpha value is -2.90. The first-order chi connectivity index (χ1) is 11.7. The molecule has 7 nitrogen and oxygen atoms in total. The highest BCUT2D eigenvalue weighted by Crippen LogP contribution is 2.16. The van der Waals surface area contributed by atoms with Crippen LogP contribution in [0.2, 0.25) is 0 Å². The summed E-state index contributed by atoms with van der Waals surface area (Å²) in [6.45, 7) is 2.19. The van der Waals surface area contributed by atoms with Crippen LogP contribution in [-0.2, 0) is 0 Å². The van der Waals surface area contributed by atoms with E-state index in [2.05, 4.69) is 15.3 Å². The Morgan fingerprint density at radius 1 is 1.21 bits per heavy atom. The number of rotatable bonds is 3. The third-order valence-corrected chi connectivity index (χ3v) is 3.79. The van der Waals surface area contributed by atoms with Gasteiger partial charge in [0, 0.05) is 38.4 Å². The van der Waals surface area contributed by atoms with E-state index in [0.29, 0.717) is 38.0 Å². The van der Waals surface area contributed by atoms with E-state index in [9.17, 15) is 9.18 Å². The molecule has 3 rings (SSSR count). The van der Waals surface area contributed by atoms with Crippen LogP contribution in [0.15, 0.2) is 36.5 Å². The molecule has 1 aromatic heterocycles. The predicted octanol–water partition coefficient (Wildman–Crippen LogP) is 1.98. The molecule has 8 heteroatoms. The second-order valence-corrected chi connectivity index (χ2v) is 5.28. The average molecular weight is 331 g/mol. The zero-order valence-electron chi connectivity index (χ0n) is 13.3. The first-order valence-corrected chi connectivity index (χ1v) is 7.60. The zero-order valence-corrected chi connectivity index (χ0v) is 13.3. The summed E-state index contributed by atoms with van der Waals surface area (Å²) in [4.78, 5) is 24.4. The Balaban J connectivity index is 1.58. The van der Waals surface area contributed by atoms with Crippen LogP contribution in [0.3, 0.4) is 0 Å². The van der Waals surface area contributed by atoms with Gasteiger partial charge in [0.05, 0.1) is 12.8 Å². The number of urea groups is 1. The lowest BCUT2D eigenvalue weighted by Gasteiger charge is -2.34. The number of nitrogens with zero attached hydrogens (tertiary/aromatic N) is 4. The van der Waals surface area contributed by atoms with Crippen molar-refractivity contribution in [2.45, 2.75) is 0 Å². The number of carbonyl (C=O) groups is 1. The SMILES string of the molecule is COc1ccnc(N2CCN(C(=O)Nc3ccccc3F)CC2)n1. The second kappa shape index (κ2) is 7.12. The number of piperazine rings is 1. The molecule has 1 aromatic carbocycles. The van der Waals surface area contributed by atoms with Crippen molar-refractivity contribution in [3.8, 4) is 5.88 Å². The number of amides is 2. The molecule has 1 aliphatic heterocycles. The van der Waals surface area contributed by atoms with E-state index in [1.54, 1.807) is 36.4 Å². The molecule has 0 saturated carbocycles. The van der Waals surface area contributed by atoms with Crippen LogP contribution in [0.4, 0.5) is 20.8 Å². The maximum atomic E-state index is 13.6. The molecule has 1 fully saturated rings. The summed E-state index contributed by atoms with van der Waals surface area (Å²) < 4.78 is 18.7. The Kier molecular flexibility index (Phi) is 4.74. The molecule has 0 unspecified atom stereocenters. The number of methoxy groups -OCH3 is 1. The molecule has 24 heavy (non-hydrogen) atoms. The molecule has 2 heterocycles. The number of carbonyl (C=O) groups excluding carboxylic acids is 1. The van der Waals surface area contributed by atoms with Gasteiger partial charge in [-0.15, -0.1) is 0 Å². The molecule has 2 aromatic rings. The van der Waals surface area contributed by atoms with Gasteiger partial charge in [0.2, 0.25) is 11.8 Å². The summed E-state index contributed by atoms with van der Waals surface area (Å²) in [5.41, 5.74) is 0.182. The van der Waals surface area contributed by atoms with Crippen LogP contribution < -0.4 is 15.0 Å². The van der Waals surface area contributed by atoms with Gasteiger partial charge in [-0.1, -0.05) is 12.1 Å². The van der Waals surface area contributed by atoms with Crippen molar-refractivity contribution in [1.29, 1.82) is 0 Å². The van der Waals surface area contributed by atoms with E-state index >= 15 is 0 Å². The number of hydrogen-bond acceptors (Lipinski definition) is 5.